The van der Waals surface area contributed by atoms with Crippen molar-refractivity contribution in [3.63, 3.8) is 0 Å². The van der Waals surface area contributed by atoms with Gasteiger partial charge in [0.25, 0.3) is 5.56 Å². The molecule has 0 spiro atoms. The first kappa shape index (κ1) is 30.2. The summed E-state index contributed by atoms with van der Waals surface area (Å²) in [4.78, 5) is 28.6. The Labute approximate surface area is 244 Å². The van der Waals surface area contributed by atoms with Gasteiger partial charge in [-0.2, -0.15) is 10.2 Å². The van der Waals surface area contributed by atoms with Gasteiger partial charge in [-0.25, -0.2) is 13.2 Å². The highest BCUT2D eigenvalue weighted by molar-refractivity contribution is 7.91. The number of nitrogens with zero attached hydrogens (tertiary/aromatic N) is 3. The number of sulfone groups is 1. The molecule has 1 unspecified atom stereocenters. The number of aryl methyl sites for hydroxylation is 1. The lowest BCUT2D eigenvalue weighted by Gasteiger charge is -2.25. The molecule has 3 aromatic carbocycles. The van der Waals surface area contributed by atoms with Crippen LogP contribution in [0.25, 0.3) is 11.1 Å². The maximum Gasteiger partial charge on any atom is 0.338 e. The summed E-state index contributed by atoms with van der Waals surface area (Å²) in [6, 6.07) is 20.8. The molecule has 9 nitrogen and oxygen atoms in total. The van der Waals surface area contributed by atoms with Crippen LogP contribution >= 0.6 is 0 Å². The van der Waals surface area contributed by atoms with Crippen molar-refractivity contribution in [2.75, 3.05) is 7.11 Å². The third-order valence-electron chi connectivity index (χ3n) is 7.06. The van der Waals surface area contributed by atoms with Gasteiger partial charge in [-0.15, -0.1) is 0 Å². The summed E-state index contributed by atoms with van der Waals surface area (Å²) in [7, 11) is -3.24. The van der Waals surface area contributed by atoms with Crippen molar-refractivity contribution in [2.45, 2.75) is 55.4 Å². The average Bonchev–Trinajstić information content (AvgIpc) is 3.01. The Morgan fingerprint density at radius 3 is 2.43 bits per heavy atom. The van der Waals surface area contributed by atoms with Crippen LogP contribution in [0.2, 0.25) is 0 Å². The summed E-state index contributed by atoms with van der Waals surface area (Å²) in [5.41, 5.74) is 1.46. The van der Waals surface area contributed by atoms with Crippen molar-refractivity contribution in [3.8, 4) is 23.1 Å². The van der Waals surface area contributed by atoms with Crippen LogP contribution in [-0.2, 0) is 21.0 Å². The monoisotopic (exact) mass is 585 g/mol. The number of benzene rings is 3. The minimum Gasteiger partial charge on any atom is -0.493 e. The molecule has 0 radical (unpaired) electrons. The normalized spacial score (nSPS) is 12.0. The molecule has 10 heteroatoms. The average molecular weight is 586 g/mol. The quantitative estimate of drug-likeness (QED) is 0.242. The number of hydrogen-bond donors (Lipinski definition) is 1. The molecule has 0 amide bonds. The van der Waals surface area contributed by atoms with Gasteiger partial charge in [0.1, 0.15) is 5.82 Å². The van der Waals surface area contributed by atoms with Gasteiger partial charge in [-0.3, -0.25) is 9.36 Å². The second-order valence-electron chi connectivity index (χ2n) is 9.69. The van der Waals surface area contributed by atoms with E-state index in [0.29, 0.717) is 47.1 Å². The van der Waals surface area contributed by atoms with Gasteiger partial charge in [0.15, 0.2) is 4.90 Å². The topological polar surface area (TPSA) is 139 Å². The van der Waals surface area contributed by atoms with Crippen LogP contribution in [0.5, 0.6) is 5.88 Å². The van der Waals surface area contributed by atoms with E-state index in [0.717, 1.165) is 6.42 Å². The molecule has 0 aliphatic heterocycles. The van der Waals surface area contributed by atoms with E-state index in [2.05, 4.69) is 11.1 Å². The molecule has 0 saturated heterocycles. The highest BCUT2D eigenvalue weighted by Crippen LogP contribution is 2.34. The van der Waals surface area contributed by atoms with Crippen LogP contribution < -0.4 is 5.56 Å². The third-order valence-corrected chi connectivity index (χ3v) is 8.85. The van der Waals surface area contributed by atoms with Gasteiger partial charge in [0.2, 0.25) is 15.7 Å². The van der Waals surface area contributed by atoms with Crippen molar-refractivity contribution >= 4 is 15.8 Å². The number of carbonyl (C=O) groups excluding carboxylic acids is 1. The molecule has 0 bridgehead atoms. The largest absolute Gasteiger partial charge is 0.493 e. The lowest BCUT2D eigenvalue weighted by molar-refractivity contribution is 0.0601. The number of aromatic nitrogens is 2. The SMILES string of the molecule is CCCCc1nc(=O)c(S(=O)(=O)c2ccc(-c3ccccc3C(=O)OC)cc2)c(O)n1C(CC)c1cccc(C#N)c1. The van der Waals surface area contributed by atoms with Gasteiger partial charge in [0, 0.05) is 6.42 Å². The molecule has 0 aliphatic carbocycles. The second-order valence-corrected chi connectivity index (χ2v) is 11.6. The van der Waals surface area contributed by atoms with Crippen molar-refractivity contribution in [1.82, 2.24) is 9.55 Å². The molecule has 1 atom stereocenters. The number of aromatic hydroxyl groups is 1. The Hall–Kier alpha value is -4.75. The van der Waals surface area contributed by atoms with Gasteiger partial charge in [-0.1, -0.05) is 62.7 Å². The van der Waals surface area contributed by atoms with Crippen LogP contribution in [0.1, 0.15) is 66.5 Å². The smallest absolute Gasteiger partial charge is 0.338 e. The fraction of sp³-hybridized carbons (Fsp3) is 0.250. The first-order valence-corrected chi connectivity index (χ1v) is 15.0. The van der Waals surface area contributed by atoms with Crippen molar-refractivity contribution < 1.29 is 23.1 Å². The molecule has 0 fully saturated rings. The Bertz CT molecular complexity index is 1820. The molecule has 4 rings (SSSR count). The van der Waals surface area contributed by atoms with E-state index in [4.69, 9.17) is 4.74 Å². The fourth-order valence-electron chi connectivity index (χ4n) is 4.96. The predicted octanol–water partition coefficient (Wildman–Crippen LogP) is 5.45. The van der Waals surface area contributed by atoms with Gasteiger partial charge < -0.3 is 9.84 Å². The molecule has 216 valence electrons. The summed E-state index contributed by atoms with van der Waals surface area (Å²) in [5, 5.41) is 20.9. The van der Waals surface area contributed by atoms with E-state index in [1.807, 2.05) is 13.8 Å². The molecule has 4 aromatic rings. The number of rotatable bonds is 10. The number of unbranched alkanes of at least 4 members (excludes halogenated alkanes) is 1. The molecule has 0 aliphatic rings. The number of carbonyl (C=O) groups is 1. The Morgan fingerprint density at radius 1 is 1.07 bits per heavy atom. The van der Waals surface area contributed by atoms with Crippen molar-refractivity contribution in [2.24, 2.45) is 0 Å². The van der Waals surface area contributed by atoms with Crippen molar-refractivity contribution in [1.29, 1.82) is 5.26 Å². The zero-order chi connectivity index (χ0) is 30.4. The predicted molar refractivity (Wildman–Crippen MR) is 157 cm³/mol. The standard InChI is InChI=1S/C32H31N3O6S/c1-4-6-14-28-34-30(36)29(31(37)35(28)27(5-2)23-11-9-10-21(19-23)20-33)42(39,40)24-17-15-22(16-18-24)25-12-7-8-13-26(25)32(38)41-3/h7-13,15-19,27,37H,4-6,14H2,1-3H3. The maximum absolute atomic E-state index is 13.8. The molecule has 42 heavy (non-hydrogen) atoms. The minimum atomic E-state index is -4.52. The molecule has 1 N–H and O–H groups in total. The lowest BCUT2D eigenvalue weighted by Crippen LogP contribution is -2.27. The lowest BCUT2D eigenvalue weighted by atomic mass is 10.00. The summed E-state index contributed by atoms with van der Waals surface area (Å²) in [6.45, 7) is 3.84. The number of methoxy groups -OCH3 is 1. The molecular weight excluding hydrogens is 554 g/mol. The van der Waals surface area contributed by atoms with E-state index >= 15 is 0 Å². The molecule has 0 saturated carbocycles. The first-order valence-electron chi connectivity index (χ1n) is 13.5. The molecular formula is C32H31N3O6S. The van der Waals surface area contributed by atoms with Gasteiger partial charge in [0.05, 0.1) is 35.2 Å². The Morgan fingerprint density at radius 2 is 1.79 bits per heavy atom. The van der Waals surface area contributed by atoms with E-state index in [1.54, 1.807) is 48.5 Å². The summed E-state index contributed by atoms with van der Waals surface area (Å²) < 4.78 is 33.9. The van der Waals surface area contributed by atoms with Crippen LogP contribution in [0.4, 0.5) is 0 Å². The minimum absolute atomic E-state index is 0.219. The zero-order valence-corrected chi connectivity index (χ0v) is 24.4. The Kier molecular flexibility index (Phi) is 9.23. The van der Waals surface area contributed by atoms with Gasteiger partial charge >= 0.3 is 5.97 Å². The summed E-state index contributed by atoms with van der Waals surface area (Å²) in [5.74, 6) is -0.967. The van der Waals surface area contributed by atoms with Crippen LogP contribution in [0.15, 0.2) is 87.4 Å². The van der Waals surface area contributed by atoms with Crippen LogP contribution in [0.3, 0.4) is 0 Å². The van der Waals surface area contributed by atoms with E-state index in [1.165, 1.54) is 35.9 Å². The third kappa shape index (κ3) is 5.83. The highest BCUT2D eigenvalue weighted by atomic mass is 32.2. The highest BCUT2D eigenvalue weighted by Gasteiger charge is 2.32. The fourth-order valence-corrected chi connectivity index (χ4v) is 6.30. The summed E-state index contributed by atoms with van der Waals surface area (Å²) in [6.07, 6.45) is 2.24. The van der Waals surface area contributed by atoms with E-state index in [-0.39, 0.29) is 10.7 Å². The van der Waals surface area contributed by atoms with Crippen molar-refractivity contribution in [3.05, 3.63) is 106 Å². The Balaban J connectivity index is 1.86. The number of esters is 1. The summed E-state index contributed by atoms with van der Waals surface area (Å²) >= 11 is 0. The number of ether oxygens (including phenoxy) is 1. The van der Waals surface area contributed by atoms with E-state index in [9.17, 15) is 28.4 Å². The van der Waals surface area contributed by atoms with E-state index < -0.39 is 38.2 Å². The van der Waals surface area contributed by atoms with Crippen LogP contribution in [0, 0.1) is 11.3 Å². The number of nitriles is 1. The zero-order valence-electron chi connectivity index (χ0n) is 23.6. The van der Waals surface area contributed by atoms with Crippen LogP contribution in [-0.4, -0.2) is 36.2 Å². The maximum atomic E-state index is 13.8. The van der Waals surface area contributed by atoms with Gasteiger partial charge in [-0.05, 0) is 59.9 Å². The second kappa shape index (κ2) is 12.8. The molecule has 1 heterocycles. The number of hydrogen-bond acceptors (Lipinski definition) is 8. The first-order chi connectivity index (χ1) is 20.2. The molecule has 1 aromatic heterocycles.